The molecule has 1 aromatic carbocycles. The molecule has 0 aromatic heterocycles. The quantitative estimate of drug-likeness (QED) is 0.762. The highest BCUT2D eigenvalue weighted by Crippen LogP contribution is 2.38. The van der Waals surface area contributed by atoms with Crippen molar-refractivity contribution >= 4 is 29.1 Å². The molecule has 2 aliphatic heterocycles. The Hall–Kier alpha value is -1.59. The van der Waals surface area contributed by atoms with E-state index in [9.17, 15) is 9.59 Å². The Morgan fingerprint density at radius 1 is 1.00 bits per heavy atom. The van der Waals surface area contributed by atoms with Gasteiger partial charge >= 0.3 is 0 Å². The van der Waals surface area contributed by atoms with Gasteiger partial charge in [-0.1, -0.05) is 30.5 Å². The average Bonchev–Trinajstić information content (AvgIpc) is 2.90. The van der Waals surface area contributed by atoms with E-state index < -0.39 is 0 Å². The molecular weight excluding hydrogens is 350 g/mol. The summed E-state index contributed by atoms with van der Waals surface area (Å²) in [5, 5.41) is 0.754. The first kappa shape index (κ1) is 17.8. The largest absolute Gasteiger partial charge is 0.369 e. The lowest BCUT2D eigenvalue weighted by Crippen LogP contribution is -2.51. The van der Waals surface area contributed by atoms with E-state index >= 15 is 0 Å². The number of carbonyl (C=O) groups is 2. The van der Waals surface area contributed by atoms with Gasteiger partial charge in [0, 0.05) is 36.9 Å². The molecule has 0 unspecified atom stereocenters. The van der Waals surface area contributed by atoms with Crippen molar-refractivity contribution in [3.05, 3.63) is 28.8 Å². The van der Waals surface area contributed by atoms with Crippen LogP contribution in [0.2, 0.25) is 5.02 Å². The van der Waals surface area contributed by atoms with Crippen LogP contribution in [-0.4, -0.2) is 54.5 Å². The van der Waals surface area contributed by atoms with Gasteiger partial charge in [-0.05, 0) is 37.5 Å². The van der Waals surface area contributed by atoms with E-state index in [-0.39, 0.29) is 23.7 Å². The van der Waals surface area contributed by atoms with Gasteiger partial charge in [-0.2, -0.15) is 0 Å². The van der Waals surface area contributed by atoms with Crippen molar-refractivity contribution in [1.82, 2.24) is 9.80 Å². The highest BCUT2D eigenvalue weighted by molar-refractivity contribution is 6.30. The summed E-state index contributed by atoms with van der Waals surface area (Å²) < 4.78 is 0. The van der Waals surface area contributed by atoms with Crippen LogP contribution in [0, 0.1) is 18.8 Å². The number of carbonyl (C=O) groups excluding carboxylic acids is 2. The van der Waals surface area contributed by atoms with Crippen LogP contribution in [0.25, 0.3) is 0 Å². The van der Waals surface area contributed by atoms with Gasteiger partial charge in [0.15, 0.2) is 0 Å². The molecule has 5 nitrogen and oxygen atoms in total. The number of hydrogen-bond donors (Lipinski definition) is 0. The number of imide groups is 1. The van der Waals surface area contributed by atoms with Gasteiger partial charge < -0.3 is 4.90 Å². The van der Waals surface area contributed by atoms with Gasteiger partial charge in [0.25, 0.3) is 0 Å². The van der Waals surface area contributed by atoms with Crippen molar-refractivity contribution in [2.24, 2.45) is 11.8 Å². The number of anilines is 1. The van der Waals surface area contributed by atoms with E-state index in [1.807, 2.05) is 18.2 Å². The summed E-state index contributed by atoms with van der Waals surface area (Å²) in [5.74, 6) is 0.0268. The van der Waals surface area contributed by atoms with E-state index in [1.165, 1.54) is 16.2 Å². The molecule has 0 radical (unpaired) electrons. The first-order valence-corrected chi connectivity index (χ1v) is 10.0. The van der Waals surface area contributed by atoms with E-state index in [0.29, 0.717) is 6.67 Å². The van der Waals surface area contributed by atoms with Crippen LogP contribution in [0.1, 0.15) is 31.2 Å². The van der Waals surface area contributed by atoms with Crippen LogP contribution >= 0.6 is 11.6 Å². The van der Waals surface area contributed by atoms with Crippen LogP contribution < -0.4 is 4.90 Å². The molecule has 2 atom stereocenters. The predicted molar refractivity (Wildman–Crippen MR) is 102 cm³/mol. The smallest absolute Gasteiger partial charge is 0.234 e. The standard InChI is InChI=1S/C20H26ClN3O2/c1-14-6-7-15(21)12-18(14)23-10-8-22(9-11-23)13-24-19(25)16-4-2-3-5-17(16)20(24)26/h6-7,12,16-17H,2-5,8-11,13H2,1H3/t16-,17-/m0/s1. The van der Waals surface area contributed by atoms with Crippen molar-refractivity contribution in [2.45, 2.75) is 32.6 Å². The molecular formula is C20H26ClN3O2. The zero-order valence-electron chi connectivity index (χ0n) is 15.3. The van der Waals surface area contributed by atoms with Crippen LogP contribution in [-0.2, 0) is 9.59 Å². The fourth-order valence-electron chi connectivity index (χ4n) is 4.62. The molecule has 3 aliphatic rings. The van der Waals surface area contributed by atoms with Gasteiger partial charge in [0.2, 0.25) is 11.8 Å². The third-order valence-corrected chi connectivity index (χ3v) is 6.39. The topological polar surface area (TPSA) is 43.9 Å². The molecule has 140 valence electrons. The highest BCUT2D eigenvalue weighted by Gasteiger charge is 2.48. The summed E-state index contributed by atoms with van der Waals surface area (Å²) in [6, 6.07) is 5.98. The Kier molecular flexibility index (Phi) is 4.93. The Balaban J connectivity index is 1.37. The normalized spacial score (nSPS) is 27.2. The lowest BCUT2D eigenvalue weighted by atomic mass is 9.81. The zero-order valence-corrected chi connectivity index (χ0v) is 16.0. The van der Waals surface area contributed by atoms with Crippen LogP contribution in [0.15, 0.2) is 18.2 Å². The molecule has 0 spiro atoms. The van der Waals surface area contributed by atoms with Crippen LogP contribution in [0.3, 0.4) is 0 Å². The van der Waals surface area contributed by atoms with E-state index in [0.717, 1.165) is 56.9 Å². The number of halogens is 1. The molecule has 1 aromatic rings. The number of nitrogens with zero attached hydrogens (tertiary/aromatic N) is 3. The maximum absolute atomic E-state index is 12.6. The zero-order chi connectivity index (χ0) is 18.3. The van der Waals surface area contributed by atoms with Gasteiger partial charge in [-0.25, -0.2) is 0 Å². The summed E-state index contributed by atoms with van der Waals surface area (Å²) in [6.07, 6.45) is 3.92. The summed E-state index contributed by atoms with van der Waals surface area (Å²) in [4.78, 5) is 31.4. The maximum Gasteiger partial charge on any atom is 0.234 e. The number of benzene rings is 1. The summed E-state index contributed by atoms with van der Waals surface area (Å²) in [7, 11) is 0. The third-order valence-electron chi connectivity index (χ3n) is 6.16. The number of amides is 2. The Morgan fingerprint density at radius 2 is 1.62 bits per heavy atom. The number of aryl methyl sites for hydroxylation is 1. The van der Waals surface area contributed by atoms with Gasteiger partial charge in [-0.3, -0.25) is 19.4 Å². The van der Waals surface area contributed by atoms with Crippen molar-refractivity contribution < 1.29 is 9.59 Å². The fourth-order valence-corrected chi connectivity index (χ4v) is 4.79. The number of likely N-dealkylation sites (tertiary alicyclic amines) is 1. The predicted octanol–water partition coefficient (Wildman–Crippen LogP) is 2.90. The lowest BCUT2D eigenvalue weighted by molar-refractivity contribution is -0.142. The molecule has 2 heterocycles. The lowest BCUT2D eigenvalue weighted by Gasteiger charge is -2.38. The Labute approximate surface area is 159 Å². The maximum atomic E-state index is 12.6. The number of rotatable bonds is 3. The Bertz CT molecular complexity index is 691. The number of fused-ring (bicyclic) bond motifs is 1. The van der Waals surface area contributed by atoms with Gasteiger partial charge in [0.1, 0.15) is 0 Å². The summed E-state index contributed by atoms with van der Waals surface area (Å²) in [6.45, 7) is 6.00. The molecule has 1 aliphatic carbocycles. The van der Waals surface area contributed by atoms with Gasteiger partial charge in [0.05, 0.1) is 18.5 Å². The second-order valence-corrected chi connectivity index (χ2v) is 8.22. The minimum Gasteiger partial charge on any atom is -0.369 e. The second-order valence-electron chi connectivity index (χ2n) is 7.78. The van der Waals surface area contributed by atoms with Crippen molar-refractivity contribution in [3.63, 3.8) is 0 Å². The fraction of sp³-hybridized carbons (Fsp3) is 0.600. The molecule has 0 N–H and O–H groups in total. The van der Waals surface area contributed by atoms with Crippen LogP contribution in [0.4, 0.5) is 5.69 Å². The van der Waals surface area contributed by atoms with Crippen molar-refractivity contribution in [3.8, 4) is 0 Å². The first-order chi connectivity index (χ1) is 12.5. The number of piperazine rings is 1. The minimum absolute atomic E-state index is 0.0494. The van der Waals surface area contributed by atoms with E-state index in [1.54, 1.807) is 0 Å². The van der Waals surface area contributed by atoms with Crippen LogP contribution in [0.5, 0.6) is 0 Å². The SMILES string of the molecule is Cc1ccc(Cl)cc1N1CCN(CN2C(=O)[C@H]3CCCC[C@@H]3C2=O)CC1. The molecule has 2 amide bonds. The average molecular weight is 376 g/mol. The van der Waals surface area contributed by atoms with Gasteiger partial charge in [-0.15, -0.1) is 0 Å². The Morgan fingerprint density at radius 3 is 2.23 bits per heavy atom. The monoisotopic (exact) mass is 375 g/mol. The third kappa shape index (κ3) is 3.23. The minimum atomic E-state index is -0.0494. The molecule has 2 saturated heterocycles. The summed E-state index contributed by atoms with van der Waals surface area (Å²) >= 11 is 6.15. The molecule has 1 saturated carbocycles. The number of hydrogen-bond acceptors (Lipinski definition) is 4. The molecule has 0 bridgehead atoms. The second kappa shape index (κ2) is 7.20. The van der Waals surface area contributed by atoms with E-state index in [2.05, 4.69) is 16.7 Å². The summed E-state index contributed by atoms with van der Waals surface area (Å²) in [5.41, 5.74) is 2.40. The first-order valence-electron chi connectivity index (χ1n) is 9.63. The molecule has 6 heteroatoms. The van der Waals surface area contributed by atoms with Crippen molar-refractivity contribution in [2.75, 3.05) is 37.7 Å². The highest BCUT2D eigenvalue weighted by atomic mass is 35.5. The van der Waals surface area contributed by atoms with Crippen molar-refractivity contribution in [1.29, 1.82) is 0 Å². The molecule has 4 rings (SSSR count). The molecule has 26 heavy (non-hydrogen) atoms. The van der Waals surface area contributed by atoms with E-state index in [4.69, 9.17) is 11.6 Å². The molecule has 3 fully saturated rings.